The first-order valence-corrected chi connectivity index (χ1v) is 9.45. The Morgan fingerprint density at radius 2 is 2.03 bits per heavy atom. The van der Waals surface area contributed by atoms with E-state index in [1.165, 1.54) is 20.3 Å². The highest BCUT2D eigenvalue weighted by atomic mass is 32.2. The number of rotatable bonds is 7. The van der Waals surface area contributed by atoms with E-state index in [1.807, 2.05) is 0 Å². The average molecular weight is 427 g/mol. The third-order valence-corrected chi connectivity index (χ3v) is 4.93. The van der Waals surface area contributed by atoms with Crippen LogP contribution in [0.15, 0.2) is 39.7 Å². The second-order valence-corrected chi connectivity index (χ2v) is 6.92. The molecule has 0 bridgehead atoms. The molecule has 2 heterocycles. The number of ether oxygens (including phenoxy) is 3. The molecule has 0 aliphatic carbocycles. The van der Waals surface area contributed by atoms with E-state index in [9.17, 15) is 14.4 Å². The molecule has 30 heavy (non-hydrogen) atoms. The Labute approximate surface area is 176 Å². The van der Waals surface area contributed by atoms with E-state index >= 15 is 0 Å². The lowest BCUT2D eigenvalue weighted by Gasteiger charge is -2.10. The smallest absolute Gasteiger partial charge is 0.373 e. The number of carbonyl (C=O) groups is 3. The maximum Gasteiger partial charge on any atom is 0.373 e. The van der Waals surface area contributed by atoms with Gasteiger partial charge in [-0.05, 0) is 47.7 Å². The second kappa shape index (κ2) is 9.24. The van der Waals surface area contributed by atoms with Crippen LogP contribution in [0.25, 0.3) is 6.08 Å². The van der Waals surface area contributed by atoms with Gasteiger partial charge in [-0.15, -0.1) is 6.42 Å². The van der Waals surface area contributed by atoms with E-state index in [2.05, 4.69) is 10.7 Å². The van der Waals surface area contributed by atoms with Crippen LogP contribution in [0.4, 0.5) is 4.79 Å². The highest BCUT2D eigenvalue weighted by molar-refractivity contribution is 8.18. The lowest BCUT2D eigenvalue weighted by molar-refractivity contribution is -0.122. The van der Waals surface area contributed by atoms with Crippen LogP contribution in [-0.4, -0.2) is 42.8 Å². The van der Waals surface area contributed by atoms with E-state index in [1.54, 1.807) is 30.3 Å². The molecule has 0 spiro atoms. The Morgan fingerprint density at radius 1 is 1.23 bits per heavy atom. The molecule has 0 radical (unpaired) electrons. The minimum absolute atomic E-state index is 0.0669. The van der Waals surface area contributed by atoms with Crippen molar-refractivity contribution >= 4 is 35.0 Å². The molecule has 2 aromatic rings. The first kappa shape index (κ1) is 21.1. The Hall–Kier alpha value is -3.64. The molecule has 1 aromatic carbocycles. The van der Waals surface area contributed by atoms with Crippen LogP contribution in [0.1, 0.15) is 21.9 Å². The molecule has 1 aliphatic heterocycles. The van der Waals surface area contributed by atoms with Gasteiger partial charge in [-0.1, -0.05) is 12.0 Å². The number of hydrogen-bond acceptors (Lipinski definition) is 8. The predicted octanol–water partition coefficient (Wildman–Crippen LogP) is 3.32. The molecule has 1 aromatic heterocycles. The van der Waals surface area contributed by atoms with Gasteiger partial charge in [0.25, 0.3) is 11.1 Å². The summed E-state index contributed by atoms with van der Waals surface area (Å²) in [6.07, 6.45) is 6.78. The minimum atomic E-state index is -0.574. The summed E-state index contributed by atoms with van der Waals surface area (Å²) >= 11 is 0.829. The van der Waals surface area contributed by atoms with Crippen LogP contribution in [0.3, 0.4) is 0 Å². The number of benzene rings is 1. The molecule has 8 nitrogen and oxygen atoms in total. The van der Waals surface area contributed by atoms with Crippen LogP contribution < -0.4 is 9.47 Å². The highest BCUT2D eigenvalue weighted by Gasteiger charge is 2.34. The Kier molecular flexibility index (Phi) is 6.49. The third-order valence-electron chi connectivity index (χ3n) is 4.03. The van der Waals surface area contributed by atoms with Gasteiger partial charge in [0.1, 0.15) is 12.4 Å². The van der Waals surface area contributed by atoms with Crippen LogP contribution in [0.5, 0.6) is 11.5 Å². The second-order valence-electron chi connectivity index (χ2n) is 5.93. The monoisotopic (exact) mass is 427 g/mol. The SMILES string of the molecule is C#CCN1C(=O)SC(=Cc2ccc(OCc3ccc(C(=O)OC)o3)c(OC)c2)C1=O. The zero-order valence-corrected chi connectivity index (χ0v) is 17.0. The van der Waals surface area contributed by atoms with Crippen molar-refractivity contribution in [2.75, 3.05) is 20.8 Å². The highest BCUT2D eigenvalue weighted by Crippen LogP contribution is 2.34. The summed E-state index contributed by atoms with van der Waals surface area (Å²) in [5, 5.41) is -0.402. The molecule has 1 fully saturated rings. The molecule has 0 atom stereocenters. The molecule has 0 saturated carbocycles. The Bertz CT molecular complexity index is 1060. The van der Waals surface area contributed by atoms with Crippen LogP contribution in [0, 0.1) is 12.3 Å². The first-order chi connectivity index (χ1) is 14.5. The fourth-order valence-corrected chi connectivity index (χ4v) is 3.43. The maximum absolute atomic E-state index is 12.3. The van der Waals surface area contributed by atoms with Gasteiger partial charge in [0.15, 0.2) is 11.5 Å². The Morgan fingerprint density at radius 3 is 2.73 bits per heavy atom. The predicted molar refractivity (Wildman–Crippen MR) is 109 cm³/mol. The summed E-state index contributed by atoms with van der Waals surface area (Å²) < 4.78 is 21.0. The quantitative estimate of drug-likeness (QED) is 0.377. The summed E-state index contributed by atoms with van der Waals surface area (Å²) in [6, 6.07) is 8.17. The van der Waals surface area contributed by atoms with Crippen molar-refractivity contribution in [2.24, 2.45) is 0 Å². The standard InChI is InChI=1S/C21H17NO7S/c1-4-9-22-19(23)18(30-21(22)25)11-13-5-7-15(17(10-13)26-2)28-12-14-6-8-16(29-14)20(24)27-3/h1,5-8,10-11H,9,12H2,2-3H3. The number of terminal acetylenes is 1. The molecular formula is C21H17NO7S. The zero-order chi connectivity index (χ0) is 21.7. The zero-order valence-electron chi connectivity index (χ0n) is 16.2. The van der Waals surface area contributed by atoms with Crippen molar-refractivity contribution in [2.45, 2.75) is 6.61 Å². The van der Waals surface area contributed by atoms with Crippen molar-refractivity contribution in [3.8, 4) is 23.8 Å². The topological polar surface area (TPSA) is 95.3 Å². The minimum Gasteiger partial charge on any atom is -0.493 e. The fraction of sp³-hybridized carbons (Fsp3) is 0.190. The van der Waals surface area contributed by atoms with Crippen molar-refractivity contribution in [3.05, 3.63) is 52.3 Å². The van der Waals surface area contributed by atoms with Gasteiger partial charge in [-0.3, -0.25) is 14.5 Å². The summed E-state index contributed by atoms with van der Waals surface area (Å²) in [5.74, 6) is 2.66. The van der Waals surface area contributed by atoms with E-state index < -0.39 is 17.1 Å². The van der Waals surface area contributed by atoms with E-state index in [4.69, 9.17) is 20.3 Å². The average Bonchev–Trinajstić information content (AvgIpc) is 3.33. The first-order valence-electron chi connectivity index (χ1n) is 8.63. The van der Waals surface area contributed by atoms with E-state index in [-0.39, 0.29) is 23.8 Å². The number of furan rings is 1. The number of nitrogens with zero attached hydrogens (tertiary/aromatic N) is 1. The maximum atomic E-state index is 12.3. The van der Waals surface area contributed by atoms with E-state index in [0.29, 0.717) is 22.8 Å². The molecule has 9 heteroatoms. The molecule has 0 unspecified atom stereocenters. The largest absolute Gasteiger partial charge is 0.493 e. The summed E-state index contributed by atoms with van der Waals surface area (Å²) in [5.41, 5.74) is 0.649. The molecule has 3 rings (SSSR count). The van der Waals surface area contributed by atoms with Crippen molar-refractivity contribution in [3.63, 3.8) is 0 Å². The lowest BCUT2D eigenvalue weighted by Crippen LogP contribution is -2.28. The van der Waals surface area contributed by atoms with Crippen molar-refractivity contribution in [1.82, 2.24) is 4.90 Å². The number of imide groups is 1. The molecule has 154 valence electrons. The number of carbonyl (C=O) groups excluding carboxylic acids is 3. The van der Waals surface area contributed by atoms with E-state index in [0.717, 1.165) is 16.7 Å². The normalized spacial score (nSPS) is 14.7. The van der Waals surface area contributed by atoms with Crippen LogP contribution >= 0.6 is 11.8 Å². The van der Waals surface area contributed by atoms with Crippen molar-refractivity contribution in [1.29, 1.82) is 0 Å². The third kappa shape index (κ3) is 4.50. The molecule has 1 aliphatic rings. The fourth-order valence-electron chi connectivity index (χ4n) is 2.59. The van der Waals surface area contributed by atoms with Crippen molar-refractivity contribution < 1.29 is 33.0 Å². The van der Waals surface area contributed by atoms with Gasteiger partial charge in [0.2, 0.25) is 5.76 Å². The van der Waals surface area contributed by atoms with Crippen LogP contribution in [-0.2, 0) is 16.1 Å². The number of thioether (sulfide) groups is 1. The summed E-state index contributed by atoms with van der Waals surface area (Å²) in [4.78, 5) is 36.9. The number of amides is 2. The number of esters is 1. The van der Waals surface area contributed by atoms with Gasteiger partial charge in [0, 0.05) is 0 Å². The molecule has 1 saturated heterocycles. The van der Waals surface area contributed by atoms with Gasteiger partial charge in [0.05, 0.1) is 25.7 Å². The number of methoxy groups -OCH3 is 2. The van der Waals surface area contributed by atoms with Crippen LogP contribution in [0.2, 0.25) is 0 Å². The number of hydrogen-bond donors (Lipinski definition) is 0. The van der Waals surface area contributed by atoms with Gasteiger partial charge in [-0.2, -0.15) is 0 Å². The van der Waals surface area contributed by atoms with Gasteiger partial charge in [-0.25, -0.2) is 4.79 Å². The molecular weight excluding hydrogens is 410 g/mol. The Balaban J connectivity index is 1.73. The molecule has 0 N–H and O–H groups in total. The van der Waals surface area contributed by atoms with Gasteiger partial charge >= 0.3 is 5.97 Å². The summed E-state index contributed by atoms with van der Waals surface area (Å²) in [6.45, 7) is 0.000254. The lowest BCUT2D eigenvalue weighted by atomic mass is 10.2. The van der Waals surface area contributed by atoms with Gasteiger partial charge < -0.3 is 18.6 Å². The molecule has 2 amide bonds. The summed E-state index contributed by atoms with van der Waals surface area (Å²) in [7, 11) is 2.75.